The Balaban J connectivity index is 2.41. The van der Waals surface area contributed by atoms with Gasteiger partial charge >= 0.3 is 0 Å². The topological polar surface area (TPSA) is 17.8 Å². The lowest BCUT2D eigenvalue weighted by atomic mass is 10.1. The van der Waals surface area contributed by atoms with Gasteiger partial charge in [0.2, 0.25) is 0 Å². The van der Waals surface area contributed by atoms with E-state index in [-0.39, 0.29) is 0 Å². The number of hydrogen-bond acceptors (Lipinski definition) is 1. The van der Waals surface area contributed by atoms with Crippen molar-refractivity contribution >= 4 is 27.5 Å². The fourth-order valence-corrected chi connectivity index (χ4v) is 2.64. The minimum absolute atomic E-state index is 1.00. The van der Waals surface area contributed by atoms with Gasteiger partial charge in [0.15, 0.2) is 0 Å². The number of allylic oxidation sites excluding steroid dienone is 1. The van der Waals surface area contributed by atoms with Gasteiger partial charge in [-0.25, -0.2) is 4.98 Å². The highest BCUT2D eigenvalue weighted by Crippen LogP contribution is 2.30. The minimum atomic E-state index is 1.00. The third-order valence-corrected chi connectivity index (χ3v) is 3.56. The molecule has 3 aromatic rings. The predicted octanol–water partition coefficient (Wildman–Crippen LogP) is 4.63. The molecule has 0 N–H and O–H groups in total. The van der Waals surface area contributed by atoms with Gasteiger partial charge in [0.05, 0.1) is 5.52 Å². The van der Waals surface area contributed by atoms with Crippen LogP contribution in [-0.2, 0) is 6.54 Å². The second kappa shape index (κ2) is 4.54. The molecule has 96 valence electrons. The zero-order valence-electron chi connectivity index (χ0n) is 11.5. The molecule has 0 aliphatic carbocycles. The minimum Gasteiger partial charge on any atom is -0.325 e. The summed E-state index contributed by atoms with van der Waals surface area (Å²) in [6.07, 6.45) is 2.98. The van der Waals surface area contributed by atoms with E-state index in [1.165, 1.54) is 21.9 Å². The lowest BCUT2D eigenvalue weighted by Crippen LogP contribution is -1.97. The van der Waals surface area contributed by atoms with E-state index in [2.05, 4.69) is 47.3 Å². The average molecular weight is 250 g/mol. The fourth-order valence-electron chi connectivity index (χ4n) is 2.64. The average Bonchev–Trinajstić information content (AvgIpc) is 2.74. The zero-order valence-corrected chi connectivity index (χ0v) is 11.5. The number of fused-ring (bicyclic) bond motifs is 3. The Morgan fingerprint density at radius 1 is 1.26 bits per heavy atom. The van der Waals surface area contributed by atoms with Gasteiger partial charge in [0.25, 0.3) is 0 Å². The van der Waals surface area contributed by atoms with Crippen molar-refractivity contribution in [3.63, 3.8) is 0 Å². The Kier molecular flexibility index (Phi) is 2.86. The Hall–Kier alpha value is -2.09. The second-order valence-corrected chi connectivity index (χ2v) is 5.04. The van der Waals surface area contributed by atoms with Crippen molar-refractivity contribution < 1.29 is 0 Å². The lowest BCUT2D eigenvalue weighted by Gasteiger charge is -2.05. The molecule has 2 nitrogen and oxygen atoms in total. The highest BCUT2D eigenvalue weighted by Gasteiger charge is 2.11. The molecule has 3 rings (SSSR count). The van der Waals surface area contributed by atoms with E-state index >= 15 is 0 Å². The molecule has 2 aromatic heterocycles. The lowest BCUT2D eigenvalue weighted by molar-refractivity contribution is 0.718. The molecule has 2 heterocycles. The molecule has 0 atom stereocenters. The SMILES string of the molecule is C=C(C)c1ccc2c(c1)c1cccnc1n2CCC. The predicted molar refractivity (Wildman–Crippen MR) is 82.2 cm³/mol. The van der Waals surface area contributed by atoms with E-state index in [9.17, 15) is 0 Å². The number of aromatic nitrogens is 2. The van der Waals surface area contributed by atoms with Gasteiger partial charge in [-0.05, 0) is 43.2 Å². The van der Waals surface area contributed by atoms with E-state index in [0.29, 0.717) is 0 Å². The van der Waals surface area contributed by atoms with Gasteiger partial charge in [-0.3, -0.25) is 0 Å². The van der Waals surface area contributed by atoms with Crippen molar-refractivity contribution in [3.05, 3.63) is 48.7 Å². The fraction of sp³-hybridized carbons (Fsp3) is 0.235. The van der Waals surface area contributed by atoms with Gasteiger partial charge in [0.1, 0.15) is 5.65 Å². The summed E-state index contributed by atoms with van der Waals surface area (Å²) in [6.45, 7) is 9.28. The van der Waals surface area contributed by atoms with Crippen molar-refractivity contribution in [1.29, 1.82) is 0 Å². The number of benzene rings is 1. The van der Waals surface area contributed by atoms with Crippen molar-refractivity contribution in [2.24, 2.45) is 0 Å². The number of hydrogen-bond donors (Lipinski definition) is 0. The smallest absolute Gasteiger partial charge is 0.140 e. The third-order valence-electron chi connectivity index (χ3n) is 3.56. The first-order valence-electron chi connectivity index (χ1n) is 6.75. The number of rotatable bonds is 3. The molecule has 0 radical (unpaired) electrons. The Bertz CT molecular complexity index is 765. The third kappa shape index (κ3) is 1.84. The first kappa shape index (κ1) is 12.0. The molecule has 0 spiro atoms. The number of nitrogens with zero attached hydrogens (tertiary/aromatic N) is 2. The Morgan fingerprint density at radius 2 is 2.11 bits per heavy atom. The molecule has 19 heavy (non-hydrogen) atoms. The second-order valence-electron chi connectivity index (χ2n) is 5.04. The van der Waals surface area contributed by atoms with Crippen LogP contribution >= 0.6 is 0 Å². The monoisotopic (exact) mass is 250 g/mol. The maximum Gasteiger partial charge on any atom is 0.140 e. The maximum absolute atomic E-state index is 4.55. The van der Waals surface area contributed by atoms with Gasteiger partial charge in [-0.1, -0.05) is 25.1 Å². The summed E-state index contributed by atoms with van der Waals surface area (Å²) in [5.74, 6) is 0. The van der Waals surface area contributed by atoms with Crippen LogP contribution in [0.3, 0.4) is 0 Å². The molecule has 2 heteroatoms. The maximum atomic E-state index is 4.55. The highest BCUT2D eigenvalue weighted by molar-refractivity contribution is 6.07. The van der Waals surface area contributed by atoms with Crippen LogP contribution in [0.15, 0.2) is 43.1 Å². The molecule has 0 bridgehead atoms. The van der Waals surface area contributed by atoms with Crippen LogP contribution in [-0.4, -0.2) is 9.55 Å². The highest BCUT2D eigenvalue weighted by atomic mass is 15.0. The molecular weight excluding hydrogens is 232 g/mol. The van der Waals surface area contributed by atoms with Crippen molar-refractivity contribution in [2.75, 3.05) is 0 Å². The Morgan fingerprint density at radius 3 is 2.84 bits per heavy atom. The molecule has 0 unspecified atom stereocenters. The van der Waals surface area contributed by atoms with Crippen LogP contribution in [0.4, 0.5) is 0 Å². The van der Waals surface area contributed by atoms with Crippen LogP contribution in [0.2, 0.25) is 0 Å². The van der Waals surface area contributed by atoms with Gasteiger partial charge in [-0.2, -0.15) is 0 Å². The quantitative estimate of drug-likeness (QED) is 0.662. The number of aryl methyl sites for hydroxylation is 1. The van der Waals surface area contributed by atoms with Crippen LogP contribution in [0.25, 0.3) is 27.5 Å². The van der Waals surface area contributed by atoms with Crippen molar-refractivity contribution in [1.82, 2.24) is 9.55 Å². The summed E-state index contributed by atoms with van der Waals surface area (Å²) < 4.78 is 2.31. The zero-order chi connectivity index (χ0) is 13.4. The largest absolute Gasteiger partial charge is 0.325 e. The summed E-state index contributed by atoms with van der Waals surface area (Å²) >= 11 is 0. The van der Waals surface area contributed by atoms with Crippen molar-refractivity contribution in [3.8, 4) is 0 Å². The molecule has 0 aliphatic rings. The van der Waals surface area contributed by atoms with Gasteiger partial charge in [0, 0.05) is 23.5 Å². The molecule has 1 aromatic carbocycles. The van der Waals surface area contributed by atoms with E-state index in [1.807, 2.05) is 19.2 Å². The van der Waals surface area contributed by atoms with Crippen molar-refractivity contribution in [2.45, 2.75) is 26.8 Å². The molecule has 0 saturated heterocycles. The van der Waals surface area contributed by atoms with Crippen LogP contribution in [0.1, 0.15) is 25.8 Å². The molecule has 0 saturated carbocycles. The standard InChI is InChI=1S/C17H18N2/c1-4-10-19-16-8-7-13(12(2)3)11-15(16)14-6-5-9-18-17(14)19/h5-9,11H,2,4,10H2,1,3H3. The Labute approximate surface area is 113 Å². The normalized spacial score (nSPS) is 11.3. The summed E-state index contributed by atoms with van der Waals surface area (Å²) in [7, 11) is 0. The molecule has 0 amide bonds. The number of pyridine rings is 1. The molecule has 0 fully saturated rings. The van der Waals surface area contributed by atoms with Gasteiger partial charge < -0.3 is 4.57 Å². The van der Waals surface area contributed by atoms with Crippen LogP contribution in [0, 0.1) is 0 Å². The summed E-state index contributed by atoms with van der Waals surface area (Å²) in [6, 6.07) is 10.7. The molecular formula is C17H18N2. The summed E-state index contributed by atoms with van der Waals surface area (Å²) in [5, 5.41) is 2.51. The summed E-state index contributed by atoms with van der Waals surface area (Å²) in [4.78, 5) is 4.55. The van der Waals surface area contributed by atoms with E-state index in [4.69, 9.17) is 0 Å². The summed E-state index contributed by atoms with van der Waals surface area (Å²) in [5.41, 5.74) is 4.65. The van der Waals surface area contributed by atoms with E-state index < -0.39 is 0 Å². The first-order chi connectivity index (χ1) is 9.22. The first-order valence-corrected chi connectivity index (χ1v) is 6.75. The van der Waals surface area contributed by atoms with E-state index in [0.717, 1.165) is 24.2 Å². The van der Waals surface area contributed by atoms with E-state index in [1.54, 1.807) is 0 Å². The van der Waals surface area contributed by atoms with Gasteiger partial charge in [-0.15, -0.1) is 0 Å². The van der Waals surface area contributed by atoms with Crippen LogP contribution in [0.5, 0.6) is 0 Å². The molecule has 0 aliphatic heterocycles. The van der Waals surface area contributed by atoms with Crippen LogP contribution < -0.4 is 0 Å².